The lowest BCUT2D eigenvalue weighted by Gasteiger charge is -2.17. The molecule has 1 saturated carbocycles. The van der Waals surface area contributed by atoms with Crippen LogP contribution in [0.5, 0.6) is 0 Å². The molecule has 0 aliphatic heterocycles. The fraction of sp³-hybridized carbons (Fsp3) is 0.438. The Morgan fingerprint density at radius 3 is 2.39 bits per heavy atom. The Hall–Kier alpha value is -1.92. The Morgan fingerprint density at radius 2 is 1.83 bits per heavy atom. The van der Waals surface area contributed by atoms with Gasteiger partial charge in [0.25, 0.3) is 11.8 Å². The first-order valence-corrected chi connectivity index (χ1v) is 7.45. The lowest BCUT2D eigenvalue weighted by molar-refractivity contribution is 0.0827. The maximum absolute atomic E-state index is 11.9. The number of carbonyl (C=O) groups excluding carboxylic acids is 1. The first kappa shape index (κ1) is 17.4. The number of aromatic nitrogens is 2. The van der Waals surface area contributed by atoms with Crippen LogP contribution in [0.4, 0.5) is 0 Å². The zero-order chi connectivity index (χ0) is 15.7. The Balaban J connectivity index is 0.00000192. The van der Waals surface area contributed by atoms with Crippen LogP contribution in [0.3, 0.4) is 0 Å². The topological polar surface area (TPSA) is 85.2 Å². The molecule has 6 nitrogen and oxygen atoms in total. The molecule has 2 N–H and O–H groups in total. The van der Waals surface area contributed by atoms with Gasteiger partial charge in [-0.25, -0.2) is 0 Å². The summed E-state index contributed by atoms with van der Waals surface area (Å²) < 4.78 is 5.34. The van der Waals surface area contributed by atoms with E-state index in [0.29, 0.717) is 17.3 Å². The highest BCUT2D eigenvalue weighted by Gasteiger charge is 2.36. The van der Waals surface area contributed by atoms with E-state index in [4.69, 9.17) is 10.3 Å². The van der Waals surface area contributed by atoms with Gasteiger partial charge in [-0.2, -0.15) is 4.98 Å². The van der Waals surface area contributed by atoms with E-state index in [9.17, 15) is 4.79 Å². The van der Waals surface area contributed by atoms with E-state index >= 15 is 0 Å². The monoisotopic (exact) mass is 336 g/mol. The maximum Gasteiger partial charge on any atom is 0.257 e. The Labute approximate surface area is 141 Å². The minimum Gasteiger partial charge on any atom is -0.345 e. The quantitative estimate of drug-likeness (QED) is 0.931. The van der Waals surface area contributed by atoms with Crippen molar-refractivity contribution in [1.82, 2.24) is 15.0 Å². The average molecular weight is 337 g/mol. The number of amides is 1. The third-order valence-electron chi connectivity index (χ3n) is 4.15. The van der Waals surface area contributed by atoms with Crippen molar-refractivity contribution in [2.24, 2.45) is 5.73 Å². The van der Waals surface area contributed by atoms with E-state index in [0.717, 1.165) is 31.2 Å². The van der Waals surface area contributed by atoms with E-state index in [2.05, 4.69) is 10.1 Å². The average Bonchev–Trinajstić information content (AvgIpc) is 3.16. The summed E-state index contributed by atoms with van der Waals surface area (Å²) in [5, 5.41) is 4.05. The van der Waals surface area contributed by atoms with Gasteiger partial charge in [0.05, 0.1) is 5.54 Å². The molecule has 0 atom stereocenters. The van der Waals surface area contributed by atoms with Crippen LogP contribution in [0.25, 0.3) is 11.5 Å². The van der Waals surface area contributed by atoms with Crippen LogP contribution in [-0.2, 0) is 5.54 Å². The lowest BCUT2D eigenvalue weighted by atomic mass is 9.98. The van der Waals surface area contributed by atoms with Crippen molar-refractivity contribution < 1.29 is 9.32 Å². The predicted octanol–water partition coefficient (Wildman–Crippen LogP) is 2.59. The molecule has 0 unspecified atom stereocenters. The highest BCUT2D eigenvalue weighted by atomic mass is 35.5. The molecule has 1 aliphatic carbocycles. The molecule has 0 saturated heterocycles. The van der Waals surface area contributed by atoms with E-state index in [-0.39, 0.29) is 18.3 Å². The van der Waals surface area contributed by atoms with Gasteiger partial charge in [0.1, 0.15) is 0 Å². The number of carbonyl (C=O) groups is 1. The summed E-state index contributed by atoms with van der Waals surface area (Å²) in [5.74, 6) is 0.980. The molecule has 124 valence electrons. The molecule has 0 radical (unpaired) electrons. The summed E-state index contributed by atoms with van der Waals surface area (Å²) in [6.07, 6.45) is 3.98. The summed E-state index contributed by atoms with van der Waals surface area (Å²) >= 11 is 0. The van der Waals surface area contributed by atoms with Crippen molar-refractivity contribution in [3.8, 4) is 11.5 Å². The number of rotatable bonds is 3. The minimum atomic E-state index is -0.456. The number of halogens is 1. The van der Waals surface area contributed by atoms with Gasteiger partial charge in [-0.15, -0.1) is 12.4 Å². The Kier molecular flexibility index (Phi) is 5.06. The van der Waals surface area contributed by atoms with Crippen LogP contribution in [0.2, 0.25) is 0 Å². The van der Waals surface area contributed by atoms with Crippen molar-refractivity contribution in [2.45, 2.75) is 31.2 Å². The molecule has 0 bridgehead atoms. The first-order valence-electron chi connectivity index (χ1n) is 7.45. The van der Waals surface area contributed by atoms with Crippen LogP contribution in [0.15, 0.2) is 28.8 Å². The zero-order valence-corrected chi connectivity index (χ0v) is 14.1. The number of hydrogen-bond acceptors (Lipinski definition) is 5. The largest absolute Gasteiger partial charge is 0.345 e. The standard InChI is InChI=1S/C16H20N4O2.ClH/c1-20(2)14(21)12-7-5-11(6-8-12)13-18-15(19-22-13)16(17)9-3-4-10-16;/h5-8H,3-4,9-10,17H2,1-2H3;1H. The molecule has 1 heterocycles. The number of nitrogens with two attached hydrogens (primary N) is 1. The molecule has 1 aliphatic rings. The van der Waals surface area contributed by atoms with Gasteiger partial charge in [-0.3, -0.25) is 4.79 Å². The summed E-state index contributed by atoms with van der Waals surface area (Å²) in [6.45, 7) is 0. The number of hydrogen-bond donors (Lipinski definition) is 1. The number of nitrogens with zero attached hydrogens (tertiary/aromatic N) is 3. The predicted molar refractivity (Wildman–Crippen MR) is 89.3 cm³/mol. The third kappa shape index (κ3) is 3.38. The Morgan fingerprint density at radius 1 is 1.22 bits per heavy atom. The summed E-state index contributed by atoms with van der Waals surface area (Å²) in [7, 11) is 3.45. The molecule has 23 heavy (non-hydrogen) atoms. The zero-order valence-electron chi connectivity index (χ0n) is 13.3. The van der Waals surface area contributed by atoms with E-state index in [1.54, 1.807) is 26.2 Å². The van der Waals surface area contributed by atoms with Gasteiger partial charge in [0.15, 0.2) is 5.82 Å². The summed E-state index contributed by atoms with van der Waals surface area (Å²) in [5.41, 5.74) is 7.29. The molecular weight excluding hydrogens is 316 g/mol. The fourth-order valence-corrected chi connectivity index (χ4v) is 2.79. The SMILES string of the molecule is CN(C)C(=O)c1ccc(-c2nc(C3(N)CCCC3)no2)cc1.Cl. The van der Waals surface area contributed by atoms with Gasteiger partial charge in [0.2, 0.25) is 0 Å². The molecule has 2 aromatic rings. The van der Waals surface area contributed by atoms with Crippen LogP contribution < -0.4 is 5.73 Å². The maximum atomic E-state index is 11.9. The Bertz CT molecular complexity index is 676. The summed E-state index contributed by atoms with van der Waals surface area (Å²) in [6, 6.07) is 7.14. The van der Waals surface area contributed by atoms with E-state index in [1.807, 2.05) is 12.1 Å². The number of benzene rings is 1. The molecule has 1 fully saturated rings. The second-order valence-corrected chi connectivity index (χ2v) is 6.06. The van der Waals surface area contributed by atoms with Gasteiger partial charge in [0, 0.05) is 25.2 Å². The molecule has 1 aromatic carbocycles. The smallest absolute Gasteiger partial charge is 0.257 e. The van der Waals surface area contributed by atoms with Crippen LogP contribution in [-0.4, -0.2) is 35.0 Å². The highest BCUT2D eigenvalue weighted by Crippen LogP contribution is 2.35. The first-order chi connectivity index (χ1) is 10.5. The molecule has 7 heteroatoms. The normalized spacial score (nSPS) is 16.0. The lowest BCUT2D eigenvalue weighted by Crippen LogP contribution is -2.34. The van der Waals surface area contributed by atoms with Crippen molar-refractivity contribution in [2.75, 3.05) is 14.1 Å². The van der Waals surface area contributed by atoms with Crippen molar-refractivity contribution in [3.63, 3.8) is 0 Å². The second kappa shape index (κ2) is 6.68. The molecule has 0 spiro atoms. The molecular formula is C16H21ClN4O2. The van der Waals surface area contributed by atoms with Gasteiger partial charge >= 0.3 is 0 Å². The fourth-order valence-electron chi connectivity index (χ4n) is 2.79. The van der Waals surface area contributed by atoms with Crippen molar-refractivity contribution >= 4 is 18.3 Å². The molecule has 3 rings (SSSR count). The van der Waals surface area contributed by atoms with Crippen LogP contribution in [0.1, 0.15) is 41.9 Å². The van der Waals surface area contributed by atoms with E-state index in [1.165, 1.54) is 4.90 Å². The van der Waals surface area contributed by atoms with Gasteiger partial charge < -0.3 is 15.2 Å². The van der Waals surface area contributed by atoms with Gasteiger partial charge in [-0.1, -0.05) is 18.0 Å². The van der Waals surface area contributed by atoms with Crippen molar-refractivity contribution in [1.29, 1.82) is 0 Å². The van der Waals surface area contributed by atoms with Gasteiger partial charge in [-0.05, 0) is 37.1 Å². The van der Waals surface area contributed by atoms with Crippen molar-refractivity contribution in [3.05, 3.63) is 35.7 Å². The third-order valence-corrected chi connectivity index (χ3v) is 4.15. The van der Waals surface area contributed by atoms with E-state index < -0.39 is 5.54 Å². The molecule has 1 aromatic heterocycles. The van der Waals surface area contributed by atoms with Crippen LogP contribution in [0, 0.1) is 0 Å². The summed E-state index contributed by atoms with van der Waals surface area (Å²) in [4.78, 5) is 17.9. The minimum absolute atomic E-state index is 0. The highest BCUT2D eigenvalue weighted by molar-refractivity contribution is 5.94. The second-order valence-electron chi connectivity index (χ2n) is 6.06. The van der Waals surface area contributed by atoms with Crippen LogP contribution >= 0.6 is 12.4 Å². The molecule has 1 amide bonds.